The highest BCUT2D eigenvalue weighted by atomic mass is 19.4. The van der Waals surface area contributed by atoms with Gasteiger partial charge in [-0.2, -0.15) is 13.2 Å². The van der Waals surface area contributed by atoms with E-state index in [-0.39, 0.29) is 16.6 Å². The van der Waals surface area contributed by atoms with E-state index in [0.717, 1.165) is 12.1 Å². The second kappa shape index (κ2) is 7.71. The average molecular weight is 424 g/mol. The Labute approximate surface area is 174 Å². The molecule has 8 heteroatoms. The lowest BCUT2D eigenvalue weighted by Crippen LogP contribution is -2.27. The summed E-state index contributed by atoms with van der Waals surface area (Å²) in [4.78, 5) is 30.4. The molecule has 5 nitrogen and oxygen atoms in total. The van der Waals surface area contributed by atoms with Gasteiger partial charge in [0.1, 0.15) is 11.3 Å². The van der Waals surface area contributed by atoms with Gasteiger partial charge in [0.15, 0.2) is 11.4 Å². The Bertz CT molecular complexity index is 1350. The second-order valence-electron chi connectivity index (χ2n) is 6.87. The zero-order valence-electron chi connectivity index (χ0n) is 15.9. The average Bonchev–Trinajstić information content (AvgIpc) is 2.74. The minimum absolute atomic E-state index is 0.0798. The number of aromatic hydroxyl groups is 1. The number of hydrogen-bond acceptors (Lipinski definition) is 4. The SMILES string of the molecule is O=C(Cc1cccc(C(F)(F)F)c1)c1c(O)c2cccnc2n(-c2ccccc2)c1=O. The third-order valence-electron chi connectivity index (χ3n) is 4.82. The molecular formula is C23H15F3N2O3. The fourth-order valence-corrected chi connectivity index (χ4v) is 3.40. The van der Waals surface area contributed by atoms with Crippen molar-refractivity contribution < 1.29 is 23.1 Å². The normalized spacial score (nSPS) is 11.6. The number of rotatable bonds is 4. The maximum atomic E-state index is 13.2. The van der Waals surface area contributed by atoms with E-state index in [0.29, 0.717) is 5.69 Å². The zero-order chi connectivity index (χ0) is 22.2. The van der Waals surface area contributed by atoms with Crippen LogP contribution in [0.2, 0.25) is 0 Å². The molecule has 0 unspecified atom stereocenters. The number of hydrogen-bond donors (Lipinski definition) is 1. The summed E-state index contributed by atoms with van der Waals surface area (Å²) in [7, 11) is 0. The second-order valence-corrected chi connectivity index (χ2v) is 6.87. The Balaban J connectivity index is 1.87. The van der Waals surface area contributed by atoms with Gasteiger partial charge >= 0.3 is 6.18 Å². The van der Waals surface area contributed by atoms with Crippen LogP contribution in [-0.2, 0) is 12.6 Å². The number of benzene rings is 2. The van der Waals surface area contributed by atoms with Crippen molar-refractivity contribution in [2.45, 2.75) is 12.6 Å². The fourth-order valence-electron chi connectivity index (χ4n) is 3.40. The summed E-state index contributed by atoms with van der Waals surface area (Å²) in [5, 5.41) is 10.9. The Morgan fingerprint density at radius 2 is 1.74 bits per heavy atom. The van der Waals surface area contributed by atoms with Crippen molar-refractivity contribution >= 4 is 16.8 Å². The monoisotopic (exact) mass is 424 g/mol. The third kappa shape index (κ3) is 3.79. The standard InChI is InChI=1S/C23H15F3N2O3/c24-23(25,26)15-7-4-6-14(12-15)13-18(29)19-20(30)17-10-5-11-27-21(17)28(22(19)31)16-8-2-1-3-9-16/h1-12,30H,13H2. The van der Waals surface area contributed by atoms with Crippen molar-refractivity contribution in [2.75, 3.05) is 0 Å². The first-order valence-electron chi connectivity index (χ1n) is 9.25. The summed E-state index contributed by atoms with van der Waals surface area (Å²) in [6.07, 6.45) is -3.59. The maximum absolute atomic E-state index is 13.2. The third-order valence-corrected chi connectivity index (χ3v) is 4.82. The van der Waals surface area contributed by atoms with Crippen molar-refractivity contribution in [1.82, 2.24) is 9.55 Å². The molecule has 0 saturated heterocycles. The van der Waals surface area contributed by atoms with Crippen LogP contribution in [0.3, 0.4) is 0 Å². The molecule has 0 spiro atoms. The van der Waals surface area contributed by atoms with Crippen LogP contribution in [-0.4, -0.2) is 20.4 Å². The van der Waals surface area contributed by atoms with Gasteiger partial charge in [0, 0.05) is 12.6 Å². The number of aromatic nitrogens is 2. The topological polar surface area (TPSA) is 72.2 Å². The summed E-state index contributed by atoms with van der Waals surface area (Å²) in [6, 6.07) is 15.8. The van der Waals surface area contributed by atoms with E-state index in [1.165, 1.54) is 29.0 Å². The van der Waals surface area contributed by atoms with Crippen molar-refractivity contribution in [3.8, 4) is 11.4 Å². The molecule has 0 fully saturated rings. The summed E-state index contributed by atoms with van der Waals surface area (Å²) in [5.41, 5.74) is -1.52. The number of alkyl halides is 3. The van der Waals surface area contributed by atoms with Crippen molar-refractivity contribution in [2.24, 2.45) is 0 Å². The van der Waals surface area contributed by atoms with Gasteiger partial charge in [-0.05, 0) is 35.9 Å². The molecule has 2 heterocycles. The first-order valence-corrected chi connectivity index (χ1v) is 9.25. The molecule has 2 aromatic heterocycles. The number of fused-ring (bicyclic) bond motifs is 1. The van der Waals surface area contributed by atoms with Crippen LogP contribution < -0.4 is 5.56 Å². The molecule has 1 N–H and O–H groups in total. The predicted molar refractivity (Wildman–Crippen MR) is 108 cm³/mol. The van der Waals surface area contributed by atoms with Crippen LogP contribution in [0.25, 0.3) is 16.7 Å². The van der Waals surface area contributed by atoms with Gasteiger partial charge in [0.25, 0.3) is 5.56 Å². The lowest BCUT2D eigenvalue weighted by Gasteiger charge is -2.14. The number of carbonyl (C=O) groups is 1. The quantitative estimate of drug-likeness (QED) is 0.489. The predicted octanol–water partition coefficient (Wildman–Crippen LogP) is 4.54. The molecule has 31 heavy (non-hydrogen) atoms. The van der Waals surface area contributed by atoms with Crippen molar-refractivity contribution in [3.05, 3.63) is 100.0 Å². The van der Waals surface area contributed by atoms with Gasteiger partial charge in [0.2, 0.25) is 0 Å². The van der Waals surface area contributed by atoms with Crippen LogP contribution >= 0.6 is 0 Å². The lowest BCUT2D eigenvalue weighted by molar-refractivity contribution is -0.137. The summed E-state index contributed by atoms with van der Waals surface area (Å²) in [5.74, 6) is -1.34. The van der Waals surface area contributed by atoms with Crippen LogP contribution in [0.15, 0.2) is 77.7 Å². The van der Waals surface area contributed by atoms with Crippen LogP contribution in [0.1, 0.15) is 21.5 Å². The van der Waals surface area contributed by atoms with Crippen molar-refractivity contribution in [3.63, 3.8) is 0 Å². The molecule has 4 rings (SSSR count). The number of pyridine rings is 2. The smallest absolute Gasteiger partial charge is 0.416 e. The van der Waals surface area contributed by atoms with E-state index in [1.54, 1.807) is 36.4 Å². The number of nitrogens with zero attached hydrogens (tertiary/aromatic N) is 2. The minimum Gasteiger partial charge on any atom is -0.506 e. The number of carbonyl (C=O) groups excluding carboxylic acids is 1. The van der Waals surface area contributed by atoms with E-state index >= 15 is 0 Å². The molecule has 0 saturated carbocycles. The van der Waals surface area contributed by atoms with Gasteiger partial charge < -0.3 is 5.11 Å². The highest BCUT2D eigenvalue weighted by Crippen LogP contribution is 2.31. The summed E-state index contributed by atoms with van der Waals surface area (Å²) in [6.45, 7) is 0. The molecule has 2 aromatic carbocycles. The largest absolute Gasteiger partial charge is 0.506 e. The summed E-state index contributed by atoms with van der Waals surface area (Å²) >= 11 is 0. The number of Topliss-reactive ketones (excluding diaryl/α,β-unsaturated/α-hetero) is 1. The lowest BCUT2D eigenvalue weighted by atomic mass is 10.00. The Kier molecular flexibility index (Phi) is 5.06. The fraction of sp³-hybridized carbons (Fsp3) is 0.0870. The zero-order valence-corrected chi connectivity index (χ0v) is 15.9. The van der Waals surface area contributed by atoms with Crippen LogP contribution in [0.4, 0.5) is 13.2 Å². The van der Waals surface area contributed by atoms with E-state index < -0.39 is 40.8 Å². The van der Waals surface area contributed by atoms with Crippen LogP contribution in [0, 0.1) is 0 Å². The first kappa shape index (κ1) is 20.3. The van der Waals surface area contributed by atoms with Gasteiger partial charge in [0.05, 0.1) is 16.6 Å². The van der Waals surface area contributed by atoms with E-state index in [1.807, 2.05) is 0 Å². The molecular weight excluding hydrogens is 409 g/mol. The highest BCUT2D eigenvalue weighted by Gasteiger charge is 2.31. The van der Waals surface area contributed by atoms with E-state index in [2.05, 4.69) is 4.98 Å². The van der Waals surface area contributed by atoms with E-state index in [4.69, 9.17) is 0 Å². The minimum atomic E-state index is -4.56. The number of para-hydroxylation sites is 1. The maximum Gasteiger partial charge on any atom is 0.416 e. The first-order chi connectivity index (χ1) is 14.8. The molecule has 0 aliphatic carbocycles. The molecule has 0 atom stereocenters. The van der Waals surface area contributed by atoms with Crippen LogP contribution in [0.5, 0.6) is 5.75 Å². The molecule has 4 aromatic rings. The molecule has 0 amide bonds. The molecule has 0 radical (unpaired) electrons. The molecule has 156 valence electrons. The number of ketones is 1. The van der Waals surface area contributed by atoms with Crippen molar-refractivity contribution in [1.29, 1.82) is 0 Å². The Morgan fingerprint density at radius 3 is 2.45 bits per heavy atom. The number of halogens is 3. The van der Waals surface area contributed by atoms with Gasteiger partial charge in [-0.1, -0.05) is 36.4 Å². The van der Waals surface area contributed by atoms with Gasteiger partial charge in [-0.25, -0.2) is 4.98 Å². The molecule has 0 aliphatic heterocycles. The summed E-state index contributed by atoms with van der Waals surface area (Å²) < 4.78 is 40.2. The van der Waals surface area contributed by atoms with Gasteiger partial charge in [-0.3, -0.25) is 14.2 Å². The molecule has 0 aliphatic rings. The molecule has 0 bridgehead atoms. The Morgan fingerprint density at radius 1 is 1.00 bits per heavy atom. The van der Waals surface area contributed by atoms with Gasteiger partial charge in [-0.15, -0.1) is 0 Å². The highest BCUT2D eigenvalue weighted by molar-refractivity contribution is 6.04. The Hall–Kier alpha value is -3.94. The van der Waals surface area contributed by atoms with E-state index in [9.17, 15) is 27.9 Å².